The average Bonchev–Trinajstić information content (AvgIpc) is 2.60. The van der Waals surface area contributed by atoms with Gasteiger partial charge in [-0.2, -0.15) is 0 Å². The molecule has 0 spiro atoms. The lowest BCUT2D eigenvalue weighted by atomic mass is 10.5. The fourth-order valence-electron chi connectivity index (χ4n) is 0.916. The quantitative estimate of drug-likeness (QED) is 0.660. The first-order valence-corrected chi connectivity index (χ1v) is 4.17. The summed E-state index contributed by atoms with van der Waals surface area (Å²) in [5.74, 6) is 0. The van der Waals surface area contributed by atoms with Gasteiger partial charge in [0.15, 0.2) is 0 Å². The molecular formula is C8H7N2S. The minimum atomic E-state index is 0.911. The molecule has 0 unspecified atom stereocenters. The molecule has 1 radical (unpaired) electrons. The van der Waals surface area contributed by atoms with E-state index in [0.717, 1.165) is 6.54 Å². The van der Waals surface area contributed by atoms with Crippen LogP contribution in [-0.4, -0.2) is 9.55 Å². The third-order valence-electron chi connectivity index (χ3n) is 1.42. The van der Waals surface area contributed by atoms with Gasteiger partial charge in [0, 0.05) is 22.7 Å². The van der Waals surface area contributed by atoms with Crippen molar-refractivity contribution in [3.05, 3.63) is 41.1 Å². The fourth-order valence-corrected chi connectivity index (χ4v) is 1.55. The number of hydrogen-bond donors (Lipinski definition) is 0. The van der Waals surface area contributed by atoms with Gasteiger partial charge in [-0.05, 0) is 12.1 Å². The Kier molecular flexibility index (Phi) is 1.73. The van der Waals surface area contributed by atoms with E-state index in [-0.39, 0.29) is 0 Å². The number of rotatable bonds is 2. The normalized spacial score (nSPS) is 10.2. The summed E-state index contributed by atoms with van der Waals surface area (Å²) in [4.78, 5) is 5.27. The predicted octanol–water partition coefficient (Wildman–Crippen LogP) is 1.79. The molecule has 2 aromatic heterocycles. The monoisotopic (exact) mass is 163 g/mol. The number of hydrogen-bond acceptors (Lipinski definition) is 2. The van der Waals surface area contributed by atoms with Crippen molar-refractivity contribution in [1.29, 1.82) is 0 Å². The molecule has 0 saturated carbocycles. The van der Waals surface area contributed by atoms with Crippen LogP contribution in [0, 0.1) is 5.38 Å². The van der Waals surface area contributed by atoms with Gasteiger partial charge in [-0.15, -0.1) is 11.3 Å². The molecule has 11 heavy (non-hydrogen) atoms. The second kappa shape index (κ2) is 2.88. The van der Waals surface area contributed by atoms with E-state index >= 15 is 0 Å². The number of imidazole rings is 1. The predicted molar refractivity (Wildman–Crippen MR) is 44.5 cm³/mol. The average molecular weight is 163 g/mol. The summed E-state index contributed by atoms with van der Waals surface area (Å²) in [6.45, 7) is 0.911. The van der Waals surface area contributed by atoms with Gasteiger partial charge in [0.1, 0.15) is 0 Å². The highest BCUT2D eigenvalue weighted by atomic mass is 32.1. The van der Waals surface area contributed by atoms with Crippen molar-refractivity contribution in [3.63, 3.8) is 0 Å². The number of nitrogens with zero attached hydrogens (tertiary/aromatic N) is 2. The summed E-state index contributed by atoms with van der Waals surface area (Å²) in [5, 5.41) is 3.05. The molecule has 0 fully saturated rings. The Labute approximate surface area is 69.1 Å². The molecule has 0 amide bonds. The van der Waals surface area contributed by atoms with Crippen molar-refractivity contribution in [2.45, 2.75) is 6.54 Å². The molecule has 55 valence electrons. The van der Waals surface area contributed by atoms with Crippen LogP contribution in [-0.2, 0) is 6.54 Å². The molecule has 2 heterocycles. The smallest absolute Gasteiger partial charge is 0.0949 e. The topological polar surface area (TPSA) is 17.8 Å². The maximum Gasteiger partial charge on any atom is 0.0949 e. The first-order valence-electron chi connectivity index (χ1n) is 3.35. The lowest BCUT2D eigenvalue weighted by Gasteiger charge is -1.96. The zero-order valence-corrected chi connectivity index (χ0v) is 6.71. The van der Waals surface area contributed by atoms with E-state index in [9.17, 15) is 0 Å². The van der Waals surface area contributed by atoms with Gasteiger partial charge < -0.3 is 4.57 Å². The highest BCUT2D eigenvalue weighted by Gasteiger charge is 1.93. The van der Waals surface area contributed by atoms with Crippen LogP contribution >= 0.6 is 11.3 Å². The van der Waals surface area contributed by atoms with Gasteiger partial charge in [-0.25, -0.2) is 4.98 Å². The maximum atomic E-state index is 3.96. The molecule has 0 aromatic carbocycles. The minimum Gasteiger partial charge on any atom is -0.332 e. The van der Waals surface area contributed by atoms with Crippen LogP contribution in [0.4, 0.5) is 0 Å². The van der Waals surface area contributed by atoms with Crippen molar-refractivity contribution in [2.24, 2.45) is 0 Å². The van der Waals surface area contributed by atoms with E-state index in [2.05, 4.69) is 16.4 Å². The standard InChI is InChI=1S/C8H7N2S/c1-2-8(11-5-1)6-10-4-3-9-7-10/h1-4,7H,6H2. The molecule has 2 aromatic rings. The van der Waals surface area contributed by atoms with Crippen LogP contribution in [0.5, 0.6) is 0 Å². The fraction of sp³-hybridized carbons (Fsp3) is 0.125. The van der Waals surface area contributed by atoms with Gasteiger partial charge in [-0.3, -0.25) is 0 Å². The molecule has 0 saturated heterocycles. The van der Waals surface area contributed by atoms with Crippen LogP contribution in [0.15, 0.2) is 30.9 Å². The van der Waals surface area contributed by atoms with E-state index in [1.165, 1.54) is 4.88 Å². The highest BCUT2D eigenvalue weighted by Crippen LogP contribution is 2.08. The van der Waals surface area contributed by atoms with Gasteiger partial charge in [-0.1, -0.05) is 0 Å². The van der Waals surface area contributed by atoms with E-state index < -0.39 is 0 Å². The zero-order chi connectivity index (χ0) is 7.52. The van der Waals surface area contributed by atoms with Gasteiger partial charge in [0.2, 0.25) is 0 Å². The first-order chi connectivity index (χ1) is 5.45. The molecule has 0 bridgehead atoms. The third-order valence-corrected chi connectivity index (χ3v) is 2.21. The molecule has 0 atom stereocenters. The lowest BCUT2D eigenvalue weighted by Crippen LogP contribution is -1.92. The second-order valence-corrected chi connectivity index (χ2v) is 3.22. The van der Waals surface area contributed by atoms with E-state index in [1.54, 1.807) is 17.5 Å². The summed E-state index contributed by atoms with van der Waals surface area (Å²) >= 11 is 1.65. The molecule has 0 N–H and O–H groups in total. The summed E-state index contributed by atoms with van der Waals surface area (Å²) in [6.07, 6.45) is 5.57. The summed E-state index contributed by atoms with van der Waals surface area (Å²) in [5.41, 5.74) is 0. The van der Waals surface area contributed by atoms with Crippen molar-refractivity contribution < 1.29 is 0 Å². The first kappa shape index (κ1) is 6.61. The lowest BCUT2D eigenvalue weighted by molar-refractivity contribution is 0.810. The summed E-state index contributed by atoms with van der Waals surface area (Å²) in [6, 6.07) is 4.02. The van der Waals surface area contributed by atoms with Crippen molar-refractivity contribution in [1.82, 2.24) is 9.55 Å². The van der Waals surface area contributed by atoms with Crippen molar-refractivity contribution in [3.8, 4) is 0 Å². The largest absolute Gasteiger partial charge is 0.332 e. The van der Waals surface area contributed by atoms with E-state index in [1.807, 2.05) is 23.2 Å². The van der Waals surface area contributed by atoms with E-state index in [4.69, 9.17) is 0 Å². The summed E-state index contributed by atoms with van der Waals surface area (Å²) < 4.78 is 2.04. The Balaban J connectivity index is 2.14. The van der Waals surface area contributed by atoms with Crippen molar-refractivity contribution in [2.75, 3.05) is 0 Å². The zero-order valence-electron chi connectivity index (χ0n) is 5.90. The van der Waals surface area contributed by atoms with E-state index in [0.29, 0.717) is 0 Å². The Morgan fingerprint density at radius 3 is 3.27 bits per heavy atom. The SMILES string of the molecule is [c]1ccc(Cn2ccnc2)s1. The highest BCUT2D eigenvalue weighted by molar-refractivity contribution is 7.09. The molecule has 2 nitrogen and oxygen atoms in total. The Bertz CT molecular complexity index is 264. The van der Waals surface area contributed by atoms with Gasteiger partial charge in [0.05, 0.1) is 12.9 Å². The Hall–Kier alpha value is -1.09. The van der Waals surface area contributed by atoms with Crippen LogP contribution in [0.2, 0.25) is 0 Å². The minimum absolute atomic E-state index is 0.911. The second-order valence-electron chi connectivity index (χ2n) is 2.25. The molecule has 3 heteroatoms. The Morgan fingerprint density at radius 2 is 2.64 bits per heavy atom. The molecule has 2 rings (SSSR count). The molecule has 0 aliphatic heterocycles. The van der Waals surface area contributed by atoms with Crippen molar-refractivity contribution >= 4 is 11.3 Å². The molecular weight excluding hydrogens is 156 g/mol. The van der Waals surface area contributed by atoms with Crippen LogP contribution < -0.4 is 0 Å². The van der Waals surface area contributed by atoms with Gasteiger partial charge in [0.25, 0.3) is 0 Å². The Morgan fingerprint density at radius 1 is 1.64 bits per heavy atom. The van der Waals surface area contributed by atoms with Crippen LogP contribution in [0.25, 0.3) is 0 Å². The number of aromatic nitrogens is 2. The molecule has 0 aliphatic carbocycles. The molecule has 0 aliphatic rings. The van der Waals surface area contributed by atoms with Gasteiger partial charge >= 0.3 is 0 Å². The van der Waals surface area contributed by atoms with Crippen LogP contribution in [0.3, 0.4) is 0 Å². The number of thiophene rings is 1. The maximum absolute atomic E-state index is 3.96. The van der Waals surface area contributed by atoms with Crippen LogP contribution in [0.1, 0.15) is 4.88 Å². The summed E-state index contributed by atoms with van der Waals surface area (Å²) in [7, 11) is 0. The third kappa shape index (κ3) is 1.49.